The highest BCUT2D eigenvalue weighted by atomic mass is 32.2. The van der Waals surface area contributed by atoms with Crippen LogP contribution in [0.1, 0.15) is 13.3 Å². The van der Waals surface area contributed by atoms with E-state index in [1.807, 2.05) is 0 Å². The van der Waals surface area contributed by atoms with Crippen molar-refractivity contribution >= 4 is 23.4 Å². The van der Waals surface area contributed by atoms with Crippen LogP contribution < -0.4 is 0 Å². The van der Waals surface area contributed by atoms with Gasteiger partial charge in [-0.1, -0.05) is 19.1 Å². The van der Waals surface area contributed by atoms with Crippen LogP contribution in [0, 0.1) is 10.1 Å². The molecule has 5 nitrogen and oxygen atoms in total. The average Bonchev–Trinajstić information content (AvgIpc) is 2.16. The number of nitrogens with zero attached hydrogens (tertiary/aromatic N) is 1. The van der Waals surface area contributed by atoms with Crippen LogP contribution in [0.4, 0.5) is 5.69 Å². The molecule has 1 N–H and O–H groups in total. The van der Waals surface area contributed by atoms with E-state index in [1.54, 1.807) is 25.1 Å². The second-order valence-corrected chi connectivity index (χ2v) is 4.73. The molecule has 0 heterocycles. The smallest absolute Gasteiger partial charge is 0.304 e. The molecule has 16 heavy (non-hydrogen) atoms. The molecule has 0 aliphatic heterocycles. The zero-order chi connectivity index (χ0) is 12.1. The first-order chi connectivity index (χ1) is 7.50. The van der Waals surface area contributed by atoms with Gasteiger partial charge < -0.3 is 5.11 Å². The van der Waals surface area contributed by atoms with Crippen molar-refractivity contribution in [2.45, 2.75) is 23.5 Å². The molecule has 0 saturated carbocycles. The summed E-state index contributed by atoms with van der Waals surface area (Å²) in [6.07, 6.45) is -0.0171. The lowest BCUT2D eigenvalue weighted by Crippen LogP contribution is -2.05. The fourth-order valence-corrected chi connectivity index (χ4v) is 2.29. The van der Waals surface area contributed by atoms with Crippen molar-refractivity contribution in [3.05, 3.63) is 34.4 Å². The first-order valence-electron chi connectivity index (χ1n) is 4.62. The second kappa shape index (κ2) is 5.50. The number of carboxylic acid groups (broad SMARTS) is 1. The van der Waals surface area contributed by atoms with Gasteiger partial charge in [0.25, 0.3) is 5.69 Å². The molecule has 0 fully saturated rings. The van der Waals surface area contributed by atoms with Crippen LogP contribution in [0.2, 0.25) is 0 Å². The van der Waals surface area contributed by atoms with E-state index < -0.39 is 10.9 Å². The molecule has 0 amide bonds. The summed E-state index contributed by atoms with van der Waals surface area (Å²) in [7, 11) is 0. The molecular formula is C10H11NO4S. The SMILES string of the molecule is CC(CC(=O)O)Sc1ccccc1[N+](=O)[O-]. The minimum absolute atomic E-state index is 0.0171. The van der Waals surface area contributed by atoms with Crippen LogP contribution in [0.3, 0.4) is 0 Å². The fourth-order valence-electron chi connectivity index (χ4n) is 1.21. The number of carboxylic acids is 1. The Balaban J connectivity index is 2.80. The standard InChI is InChI=1S/C10H11NO4S/c1-7(6-10(12)13)16-9-5-3-2-4-8(9)11(14)15/h2-5,7H,6H2,1H3,(H,12,13). The molecule has 0 aliphatic carbocycles. The van der Waals surface area contributed by atoms with Crippen molar-refractivity contribution in [3.63, 3.8) is 0 Å². The highest BCUT2D eigenvalue weighted by Gasteiger charge is 2.17. The molecular weight excluding hydrogens is 230 g/mol. The number of rotatable bonds is 5. The monoisotopic (exact) mass is 241 g/mol. The summed E-state index contributed by atoms with van der Waals surface area (Å²) in [6.45, 7) is 1.73. The van der Waals surface area contributed by atoms with Crippen LogP contribution in [-0.2, 0) is 4.79 Å². The summed E-state index contributed by atoms with van der Waals surface area (Å²) in [4.78, 5) is 21.2. The Labute approximate surface area is 96.6 Å². The van der Waals surface area contributed by atoms with Gasteiger partial charge in [0.2, 0.25) is 0 Å². The molecule has 86 valence electrons. The van der Waals surface area contributed by atoms with Crippen molar-refractivity contribution in [1.29, 1.82) is 0 Å². The molecule has 0 aromatic heterocycles. The zero-order valence-electron chi connectivity index (χ0n) is 8.62. The molecule has 0 saturated heterocycles. The number of aliphatic carboxylic acids is 1. The highest BCUT2D eigenvalue weighted by Crippen LogP contribution is 2.32. The first-order valence-corrected chi connectivity index (χ1v) is 5.50. The Bertz CT molecular complexity index is 408. The zero-order valence-corrected chi connectivity index (χ0v) is 9.44. The number of nitro groups is 1. The number of thioether (sulfide) groups is 1. The number of hydrogen-bond acceptors (Lipinski definition) is 4. The van der Waals surface area contributed by atoms with E-state index in [2.05, 4.69) is 0 Å². The van der Waals surface area contributed by atoms with Crippen LogP contribution in [0.5, 0.6) is 0 Å². The number of nitro benzene ring substituents is 1. The van der Waals surface area contributed by atoms with Gasteiger partial charge in [-0.25, -0.2) is 0 Å². The Hall–Kier alpha value is -1.56. The van der Waals surface area contributed by atoms with Crippen molar-refractivity contribution in [2.75, 3.05) is 0 Å². The van der Waals surface area contributed by atoms with E-state index in [0.29, 0.717) is 4.90 Å². The van der Waals surface area contributed by atoms with Gasteiger partial charge in [-0.2, -0.15) is 0 Å². The van der Waals surface area contributed by atoms with Gasteiger partial charge in [0.15, 0.2) is 0 Å². The minimum atomic E-state index is -0.904. The third-order valence-electron chi connectivity index (χ3n) is 1.85. The Morgan fingerprint density at radius 3 is 2.75 bits per heavy atom. The molecule has 1 aromatic carbocycles. The van der Waals surface area contributed by atoms with Crippen LogP contribution in [-0.4, -0.2) is 21.2 Å². The predicted octanol–water partition coefficient (Wildman–Crippen LogP) is 2.55. The van der Waals surface area contributed by atoms with E-state index in [9.17, 15) is 14.9 Å². The molecule has 1 aromatic rings. The van der Waals surface area contributed by atoms with Gasteiger partial charge in [0.05, 0.1) is 16.2 Å². The maximum Gasteiger partial charge on any atom is 0.304 e. The van der Waals surface area contributed by atoms with Gasteiger partial charge in [-0.3, -0.25) is 14.9 Å². The molecule has 0 spiro atoms. The normalized spacial score (nSPS) is 12.1. The van der Waals surface area contributed by atoms with Gasteiger partial charge >= 0.3 is 5.97 Å². The van der Waals surface area contributed by atoms with Gasteiger partial charge in [0.1, 0.15) is 0 Å². The summed E-state index contributed by atoms with van der Waals surface area (Å²) in [6, 6.07) is 6.32. The Morgan fingerprint density at radius 1 is 1.56 bits per heavy atom. The summed E-state index contributed by atoms with van der Waals surface area (Å²) < 4.78 is 0. The number of hydrogen-bond donors (Lipinski definition) is 1. The lowest BCUT2D eigenvalue weighted by molar-refractivity contribution is -0.387. The van der Waals surface area contributed by atoms with E-state index in [1.165, 1.54) is 17.8 Å². The van der Waals surface area contributed by atoms with Crippen molar-refractivity contribution in [2.24, 2.45) is 0 Å². The molecule has 0 aliphatic rings. The number of benzene rings is 1. The molecule has 6 heteroatoms. The van der Waals surface area contributed by atoms with Crippen LogP contribution in [0.15, 0.2) is 29.2 Å². The van der Waals surface area contributed by atoms with Crippen molar-refractivity contribution in [1.82, 2.24) is 0 Å². The third kappa shape index (κ3) is 3.54. The minimum Gasteiger partial charge on any atom is -0.481 e. The first kappa shape index (κ1) is 12.5. The fraction of sp³-hybridized carbons (Fsp3) is 0.300. The number of carbonyl (C=O) groups is 1. The van der Waals surface area contributed by atoms with Gasteiger partial charge in [-0.15, -0.1) is 11.8 Å². The topological polar surface area (TPSA) is 80.4 Å². The van der Waals surface area contributed by atoms with Crippen molar-refractivity contribution in [3.8, 4) is 0 Å². The van der Waals surface area contributed by atoms with Crippen LogP contribution in [0.25, 0.3) is 0 Å². The lowest BCUT2D eigenvalue weighted by atomic mass is 10.3. The van der Waals surface area contributed by atoms with E-state index in [-0.39, 0.29) is 17.4 Å². The quantitative estimate of drug-likeness (QED) is 0.486. The Morgan fingerprint density at radius 2 is 2.19 bits per heavy atom. The molecule has 1 atom stereocenters. The van der Waals surface area contributed by atoms with E-state index >= 15 is 0 Å². The lowest BCUT2D eigenvalue weighted by Gasteiger charge is -2.08. The van der Waals surface area contributed by atoms with Crippen LogP contribution >= 0.6 is 11.8 Å². The average molecular weight is 241 g/mol. The predicted molar refractivity (Wildman–Crippen MR) is 60.7 cm³/mol. The Kier molecular flexibility index (Phi) is 4.30. The maximum absolute atomic E-state index is 10.7. The summed E-state index contributed by atoms with van der Waals surface area (Å²) in [5.74, 6) is -0.904. The van der Waals surface area contributed by atoms with Gasteiger partial charge in [-0.05, 0) is 6.07 Å². The molecule has 1 unspecified atom stereocenters. The second-order valence-electron chi connectivity index (χ2n) is 3.25. The summed E-state index contributed by atoms with van der Waals surface area (Å²) in [5.41, 5.74) is 0.0183. The third-order valence-corrected chi connectivity index (χ3v) is 3.02. The molecule has 0 radical (unpaired) electrons. The summed E-state index contributed by atoms with van der Waals surface area (Å²) in [5, 5.41) is 19.1. The molecule has 0 bridgehead atoms. The van der Waals surface area contributed by atoms with E-state index in [4.69, 9.17) is 5.11 Å². The largest absolute Gasteiger partial charge is 0.481 e. The summed E-state index contributed by atoms with van der Waals surface area (Å²) >= 11 is 1.20. The van der Waals surface area contributed by atoms with Crippen molar-refractivity contribution < 1.29 is 14.8 Å². The molecule has 1 rings (SSSR count). The maximum atomic E-state index is 10.7. The van der Waals surface area contributed by atoms with E-state index in [0.717, 1.165) is 0 Å². The van der Waals surface area contributed by atoms with Gasteiger partial charge in [0, 0.05) is 11.3 Å². The number of para-hydroxylation sites is 1. The highest BCUT2D eigenvalue weighted by molar-refractivity contribution is 8.00.